The molecule has 2 unspecified atom stereocenters. The molecule has 1 nitrogen and oxygen atoms in total. The zero-order valence-electron chi connectivity index (χ0n) is 13.7. The monoisotopic (exact) mass is 412 g/mol. The number of hydrogen-bond acceptors (Lipinski definition) is 1. The summed E-state index contributed by atoms with van der Waals surface area (Å²) in [5.41, 5.74) is 0.704. The van der Waals surface area contributed by atoms with E-state index in [9.17, 15) is 13.2 Å². The minimum atomic E-state index is -4.31. The van der Waals surface area contributed by atoms with E-state index in [4.69, 9.17) is 4.74 Å². The Morgan fingerprint density at radius 2 is 1.64 bits per heavy atom. The molecule has 0 spiro atoms. The van der Waals surface area contributed by atoms with Gasteiger partial charge in [0.2, 0.25) is 0 Å². The summed E-state index contributed by atoms with van der Waals surface area (Å²) in [6.07, 6.45) is 0.190. The van der Waals surface area contributed by atoms with E-state index in [0.29, 0.717) is 24.2 Å². The van der Waals surface area contributed by atoms with Gasteiger partial charge in [-0.3, -0.25) is 0 Å². The quantitative estimate of drug-likeness (QED) is 0.535. The normalized spacial score (nSPS) is 21.1. The van der Waals surface area contributed by atoms with Crippen molar-refractivity contribution in [2.24, 2.45) is 5.92 Å². The van der Waals surface area contributed by atoms with Gasteiger partial charge in [-0.25, -0.2) is 0 Å². The van der Waals surface area contributed by atoms with Gasteiger partial charge >= 0.3 is 6.18 Å². The van der Waals surface area contributed by atoms with Gasteiger partial charge in [0, 0.05) is 4.47 Å². The summed E-state index contributed by atoms with van der Waals surface area (Å²) in [5, 5.41) is 0. The van der Waals surface area contributed by atoms with Crippen LogP contribution in [-0.2, 0) is 6.18 Å². The van der Waals surface area contributed by atoms with Gasteiger partial charge in [0.05, 0.1) is 12.2 Å². The minimum absolute atomic E-state index is 0.435. The van der Waals surface area contributed by atoms with E-state index in [-0.39, 0.29) is 0 Å². The van der Waals surface area contributed by atoms with Gasteiger partial charge in [-0.1, -0.05) is 34.5 Å². The molecular weight excluding hydrogens is 393 g/mol. The first kappa shape index (κ1) is 18.3. The van der Waals surface area contributed by atoms with E-state index >= 15 is 0 Å². The Morgan fingerprint density at radius 3 is 2.28 bits per heavy atom. The lowest BCUT2D eigenvalue weighted by atomic mass is 9.78. The fraction of sp³-hybridized carbons (Fsp3) is 0.400. The topological polar surface area (TPSA) is 9.23 Å². The lowest BCUT2D eigenvalue weighted by Gasteiger charge is -2.29. The molecule has 3 rings (SSSR count). The highest BCUT2D eigenvalue weighted by Gasteiger charge is 2.30. The van der Waals surface area contributed by atoms with Crippen molar-refractivity contribution in [2.45, 2.75) is 37.8 Å². The summed E-state index contributed by atoms with van der Waals surface area (Å²) in [5.74, 6) is 1.46. The van der Waals surface area contributed by atoms with E-state index < -0.39 is 11.7 Å². The van der Waals surface area contributed by atoms with Crippen molar-refractivity contribution in [2.75, 3.05) is 6.61 Å². The molecular formula is C20H20BrF3O. The summed E-state index contributed by atoms with van der Waals surface area (Å²) in [6.45, 7) is 0.554. The number of alkyl halides is 3. The van der Waals surface area contributed by atoms with Crippen LogP contribution in [0.25, 0.3) is 0 Å². The average Bonchev–Trinajstić information content (AvgIpc) is 2.60. The van der Waals surface area contributed by atoms with Gasteiger partial charge in [0.25, 0.3) is 0 Å². The van der Waals surface area contributed by atoms with Crippen LogP contribution in [0, 0.1) is 5.92 Å². The highest BCUT2D eigenvalue weighted by molar-refractivity contribution is 9.10. The third-order valence-corrected chi connectivity index (χ3v) is 5.32. The van der Waals surface area contributed by atoms with Crippen LogP contribution in [0.5, 0.6) is 5.75 Å². The van der Waals surface area contributed by atoms with E-state index in [1.807, 2.05) is 0 Å². The molecule has 0 saturated heterocycles. The van der Waals surface area contributed by atoms with Crippen molar-refractivity contribution in [3.63, 3.8) is 0 Å². The highest BCUT2D eigenvalue weighted by Crippen LogP contribution is 2.37. The molecule has 0 bridgehead atoms. The fourth-order valence-corrected chi connectivity index (χ4v) is 3.70. The third kappa shape index (κ3) is 5.00. The molecule has 0 aromatic heterocycles. The molecule has 0 radical (unpaired) electrons. The summed E-state index contributed by atoms with van der Waals surface area (Å²) >= 11 is 3.46. The molecule has 134 valence electrons. The lowest BCUT2D eigenvalue weighted by Crippen LogP contribution is -2.20. The van der Waals surface area contributed by atoms with Gasteiger partial charge < -0.3 is 4.74 Å². The van der Waals surface area contributed by atoms with Crippen molar-refractivity contribution < 1.29 is 17.9 Å². The Balaban J connectivity index is 1.55. The van der Waals surface area contributed by atoms with Gasteiger partial charge in [-0.05, 0) is 73.1 Å². The van der Waals surface area contributed by atoms with Gasteiger partial charge in [0.15, 0.2) is 0 Å². The largest absolute Gasteiger partial charge is 0.493 e. The number of benzene rings is 2. The number of ether oxygens (including phenoxy) is 1. The van der Waals surface area contributed by atoms with Crippen molar-refractivity contribution in [1.82, 2.24) is 0 Å². The molecule has 0 N–H and O–H groups in total. The van der Waals surface area contributed by atoms with Crippen LogP contribution in [-0.4, -0.2) is 6.61 Å². The second kappa shape index (κ2) is 7.81. The van der Waals surface area contributed by atoms with E-state index in [2.05, 4.69) is 40.2 Å². The summed E-state index contributed by atoms with van der Waals surface area (Å²) in [6, 6.07) is 13.4. The van der Waals surface area contributed by atoms with E-state index in [0.717, 1.165) is 35.9 Å². The highest BCUT2D eigenvalue weighted by atomic mass is 79.9. The fourth-order valence-electron chi connectivity index (χ4n) is 3.43. The maximum atomic E-state index is 12.6. The van der Waals surface area contributed by atoms with E-state index in [1.54, 1.807) is 0 Å². The van der Waals surface area contributed by atoms with Crippen LogP contribution < -0.4 is 4.74 Å². The van der Waals surface area contributed by atoms with Crippen LogP contribution in [0.15, 0.2) is 53.0 Å². The molecule has 25 heavy (non-hydrogen) atoms. The Hall–Kier alpha value is -1.49. The Morgan fingerprint density at radius 1 is 0.960 bits per heavy atom. The Bertz CT molecular complexity index is 680. The predicted octanol–water partition coefficient (Wildman–Crippen LogP) is 6.82. The molecule has 0 heterocycles. The first-order chi connectivity index (χ1) is 11.9. The molecule has 1 aliphatic carbocycles. The summed E-state index contributed by atoms with van der Waals surface area (Å²) in [4.78, 5) is 0. The van der Waals surface area contributed by atoms with Crippen LogP contribution in [0.2, 0.25) is 0 Å². The molecule has 5 heteroatoms. The van der Waals surface area contributed by atoms with E-state index in [1.165, 1.54) is 24.1 Å². The Labute approximate surface area is 154 Å². The molecule has 1 aliphatic rings. The predicted molar refractivity (Wildman–Crippen MR) is 95.8 cm³/mol. The molecule has 2 aromatic rings. The maximum Gasteiger partial charge on any atom is 0.416 e. The molecule has 1 saturated carbocycles. The minimum Gasteiger partial charge on any atom is -0.493 e. The first-order valence-corrected chi connectivity index (χ1v) is 9.26. The standard InChI is InChI=1S/C20H20BrF3O/c21-18-8-4-15(5-9-18)16-3-1-2-14(12-16)13-25-19-10-6-17(7-11-19)20(22,23)24/h4-11,14,16H,1-3,12-13H2. The first-order valence-electron chi connectivity index (χ1n) is 8.47. The van der Waals surface area contributed by atoms with Crippen molar-refractivity contribution >= 4 is 15.9 Å². The lowest BCUT2D eigenvalue weighted by molar-refractivity contribution is -0.137. The van der Waals surface area contributed by atoms with Gasteiger partial charge in [-0.2, -0.15) is 13.2 Å². The SMILES string of the molecule is FC(F)(F)c1ccc(OCC2CCCC(c3ccc(Br)cc3)C2)cc1. The van der Waals surface area contributed by atoms with Crippen molar-refractivity contribution in [1.29, 1.82) is 0 Å². The number of halogens is 4. The molecule has 1 fully saturated rings. The van der Waals surface area contributed by atoms with Crippen LogP contribution in [0.4, 0.5) is 13.2 Å². The summed E-state index contributed by atoms with van der Waals surface area (Å²) in [7, 11) is 0. The zero-order chi connectivity index (χ0) is 17.9. The van der Waals surface area contributed by atoms with Crippen LogP contribution in [0.3, 0.4) is 0 Å². The zero-order valence-corrected chi connectivity index (χ0v) is 15.3. The molecule has 0 amide bonds. The smallest absolute Gasteiger partial charge is 0.416 e. The van der Waals surface area contributed by atoms with Crippen LogP contribution >= 0.6 is 15.9 Å². The van der Waals surface area contributed by atoms with Gasteiger partial charge in [-0.15, -0.1) is 0 Å². The molecule has 0 aliphatic heterocycles. The summed E-state index contributed by atoms with van der Waals surface area (Å²) < 4.78 is 44.6. The van der Waals surface area contributed by atoms with Gasteiger partial charge in [0.1, 0.15) is 5.75 Å². The van der Waals surface area contributed by atoms with Crippen molar-refractivity contribution in [3.05, 3.63) is 64.1 Å². The second-order valence-electron chi connectivity index (χ2n) is 6.61. The van der Waals surface area contributed by atoms with Crippen molar-refractivity contribution in [3.8, 4) is 5.75 Å². The Kier molecular flexibility index (Phi) is 5.72. The molecule has 2 atom stereocenters. The second-order valence-corrected chi connectivity index (χ2v) is 7.53. The number of rotatable bonds is 4. The maximum absolute atomic E-state index is 12.6. The molecule has 2 aromatic carbocycles. The number of hydrogen-bond donors (Lipinski definition) is 0. The average molecular weight is 413 g/mol. The van der Waals surface area contributed by atoms with Crippen LogP contribution in [0.1, 0.15) is 42.7 Å². The third-order valence-electron chi connectivity index (χ3n) is 4.79.